The van der Waals surface area contributed by atoms with Gasteiger partial charge in [-0.15, -0.1) is 0 Å². The molecule has 0 spiro atoms. The third-order valence-electron chi connectivity index (χ3n) is 3.89. The largest absolute Gasteiger partial charge is 0.481 e. The number of carbonyl (C=O) groups is 5. The summed E-state index contributed by atoms with van der Waals surface area (Å²) in [6.45, 7) is 3.59. The van der Waals surface area contributed by atoms with E-state index in [1.807, 2.05) is 5.32 Å². The Labute approximate surface area is 166 Å². The Morgan fingerprint density at radius 3 is 1.76 bits per heavy atom. The second kappa shape index (κ2) is 11.9. The fraction of sp³-hybridized carbons (Fsp3) is 0.688. The van der Waals surface area contributed by atoms with E-state index in [1.54, 1.807) is 13.8 Å². The molecule has 13 heteroatoms. The number of carboxylic acids is 2. The highest BCUT2D eigenvalue weighted by Gasteiger charge is 2.33. The van der Waals surface area contributed by atoms with E-state index >= 15 is 0 Å². The standard InChI is InChI=1S/C16H28N4O9/c1-6(2)11(17)14(26)20-12(7(3)22)15(27)19-9(5-21)13(25)18-8(16(28)29)4-10(23)24/h6-9,11-12,21-22H,4-5,17H2,1-3H3,(H,18,25)(H,19,27)(H,20,26)(H,23,24)(H,28,29). The molecule has 5 atom stereocenters. The first-order valence-electron chi connectivity index (χ1n) is 8.72. The topological polar surface area (TPSA) is 228 Å². The Balaban J connectivity index is 5.20. The van der Waals surface area contributed by atoms with E-state index in [0.29, 0.717) is 0 Å². The van der Waals surface area contributed by atoms with Gasteiger partial charge in [0.2, 0.25) is 17.7 Å². The third kappa shape index (κ3) is 8.85. The van der Waals surface area contributed by atoms with Crippen molar-refractivity contribution in [2.45, 2.75) is 57.5 Å². The van der Waals surface area contributed by atoms with Crippen LogP contribution >= 0.6 is 0 Å². The molecule has 0 radical (unpaired) electrons. The number of rotatable bonds is 12. The number of aliphatic carboxylic acids is 2. The van der Waals surface area contributed by atoms with Crippen LogP contribution in [0.4, 0.5) is 0 Å². The predicted octanol–water partition coefficient (Wildman–Crippen LogP) is -3.64. The molecule has 3 amide bonds. The minimum atomic E-state index is -1.79. The molecule has 29 heavy (non-hydrogen) atoms. The van der Waals surface area contributed by atoms with Gasteiger partial charge in [-0.3, -0.25) is 19.2 Å². The van der Waals surface area contributed by atoms with Gasteiger partial charge in [0.25, 0.3) is 0 Å². The SMILES string of the molecule is CC(C)C(N)C(=O)NC(C(=O)NC(CO)C(=O)NC(CC(=O)O)C(=O)O)C(C)O. The summed E-state index contributed by atoms with van der Waals surface area (Å²) in [5, 5.41) is 42.9. The van der Waals surface area contributed by atoms with Gasteiger partial charge in [-0.05, 0) is 12.8 Å². The molecule has 0 rings (SSSR count). The van der Waals surface area contributed by atoms with E-state index in [-0.39, 0.29) is 5.92 Å². The minimum absolute atomic E-state index is 0.258. The molecule has 0 aliphatic carbocycles. The summed E-state index contributed by atoms with van der Waals surface area (Å²) < 4.78 is 0. The van der Waals surface area contributed by atoms with Gasteiger partial charge in [0.05, 0.1) is 25.2 Å². The lowest BCUT2D eigenvalue weighted by Gasteiger charge is -2.26. The summed E-state index contributed by atoms with van der Waals surface area (Å²) in [6.07, 6.45) is -2.31. The van der Waals surface area contributed by atoms with Crippen molar-refractivity contribution in [3.8, 4) is 0 Å². The first-order valence-corrected chi connectivity index (χ1v) is 8.72. The van der Waals surface area contributed by atoms with Gasteiger partial charge in [0.15, 0.2) is 0 Å². The second-order valence-electron chi connectivity index (χ2n) is 6.74. The maximum absolute atomic E-state index is 12.4. The molecule has 0 saturated heterocycles. The van der Waals surface area contributed by atoms with Crippen molar-refractivity contribution in [3.63, 3.8) is 0 Å². The Morgan fingerprint density at radius 2 is 1.38 bits per heavy atom. The number of aliphatic hydroxyl groups is 2. The van der Waals surface area contributed by atoms with E-state index < -0.39 is 73.0 Å². The minimum Gasteiger partial charge on any atom is -0.481 e. The molecule has 0 aromatic heterocycles. The monoisotopic (exact) mass is 420 g/mol. The highest BCUT2D eigenvalue weighted by molar-refractivity contribution is 5.95. The van der Waals surface area contributed by atoms with Crippen LogP contribution in [-0.2, 0) is 24.0 Å². The quantitative estimate of drug-likeness (QED) is 0.154. The van der Waals surface area contributed by atoms with Crippen LogP contribution in [-0.4, -0.2) is 87.0 Å². The summed E-state index contributed by atoms with van der Waals surface area (Å²) >= 11 is 0. The summed E-state index contributed by atoms with van der Waals surface area (Å²) in [5.74, 6) is -6.29. The molecule has 5 unspecified atom stereocenters. The molecule has 166 valence electrons. The van der Waals surface area contributed by atoms with Crippen molar-refractivity contribution in [3.05, 3.63) is 0 Å². The van der Waals surface area contributed by atoms with Crippen molar-refractivity contribution < 1.29 is 44.4 Å². The highest BCUT2D eigenvalue weighted by Crippen LogP contribution is 2.02. The molecule has 0 heterocycles. The van der Waals surface area contributed by atoms with E-state index in [0.717, 1.165) is 0 Å². The fourth-order valence-corrected chi connectivity index (χ4v) is 2.06. The first kappa shape index (κ1) is 26.2. The smallest absolute Gasteiger partial charge is 0.326 e. The number of carbonyl (C=O) groups excluding carboxylic acids is 3. The zero-order chi connectivity index (χ0) is 22.9. The molecule has 13 nitrogen and oxygen atoms in total. The maximum atomic E-state index is 12.4. The van der Waals surface area contributed by atoms with Gasteiger partial charge < -0.3 is 42.1 Å². The Kier molecular flexibility index (Phi) is 10.8. The van der Waals surface area contributed by atoms with Crippen molar-refractivity contribution in [2.24, 2.45) is 11.7 Å². The zero-order valence-corrected chi connectivity index (χ0v) is 16.3. The molecule has 0 aromatic rings. The summed E-state index contributed by atoms with van der Waals surface area (Å²) in [4.78, 5) is 58.2. The summed E-state index contributed by atoms with van der Waals surface area (Å²) in [7, 11) is 0. The predicted molar refractivity (Wildman–Crippen MR) is 97.3 cm³/mol. The molecule has 0 saturated carbocycles. The van der Waals surface area contributed by atoms with Crippen LogP contribution in [0.1, 0.15) is 27.2 Å². The molecule has 0 aromatic carbocycles. The van der Waals surface area contributed by atoms with Crippen LogP contribution in [0.3, 0.4) is 0 Å². The number of aliphatic hydroxyl groups excluding tert-OH is 2. The van der Waals surface area contributed by atoms with Crippen molar-refractivity contribution in [2.75, 3.05) is 6.61 Å². The van der Waals surface area contributed by atoms with Gasteiger partial charge in [0, 0.05) is 0 Å². The van der Waals surface area contributed by atoms with E-state index in [1.165, 1.54) is 6.92 Å². The number of nitrogens with one attached hydrogen (secondary N) is 3. The number of carboxylic acid groups (broad SMARTS) is 2. The maximum Gasteiger partial charge on any atom is 0.326 e. The lowest BCUT2D eigenvalue weighted by molar-refractivity contribution is -0.147. The molecule has 0 aliphatic rings. The lowest BCUT2D eigenvalue weighted by Crippen LogP contribution is -2.61. The average molecular weight is 420 g/mol. The van der Waals surface area contributed by atoms with Crippen LogP contribution in [0.5, 0.6) is 0 Å². The number of amides is 3. The van der Waals surface area contributed by atoms with Gasteiger partial charge in [-0.25, -0.2) is 4.79 Å². The second-order valence-corrected chi connectivity index (χ2v) is 6.74. The normalized spacial score (nSPS) is 16.1. The van der Waals surface area contributed by atoms with Crippen molar-refractivity contribution >= 4 is 29.7 Å². The fourth-order valence-electron chi connectivity index (χ4n) is 2.06. The summed E-state index contributed by atoms with van der Waals surface area (Å²) in [5.41, 5.74) is 5.67. The molecule has 0 fully saturated rings. The third-order valence-corrected chi connectivity index (χ3v) is 3.89. The Morgan fingerprint density at radius 1 is 0.862 bits per heavy atom. The van der Waals surface area contributed by atoms with Gasteiger partial charge >= 0.3 is 11.9 Å². The van der Waals surface area contributed by atoms with Gasteiger partial charge in [-0.2, -0.15) is 0 Å². The van der Waals surface area contributed by atoms with E-state index in [4.69, 9.17) is 15.9 Å². The Bertz CT molecular complexity index is 624. The van der Waals surface area contributed by atoms with Crippen LogP contribution in [0.2, 0.25) is 0 Å². The lowest BCUT2D eigenvalue weighted by atomic mass is 10.0. The Hall–Kier alpha value is -2.77. The van der Waals surface area contributed by atoms with Crippen LogP contribution < -0.4 is 21.7 Å². The highest BCUT2D eigenvalue weighted by atomic mass is 16.4. The van der Waals surface area contributed by atoms with Crippen molar-refractivity contribution in [1.29, 1.82) is 0 Å². The number of hydrogen-bond donors (Lipinski definition) is 8. The number of nitrogens with two attached hydrogens (primary N) is 1. The molecule has 0 bridgehead atoms. The van der Waals surface area contributed by atoms with Crippen LogP contribution in [0.15, 0.2) is 0 Å². The van der Waals surface area contributed by atoms with E-state index in [2.05, 4.69) is 10.6 Å². The first-order chi connectivity index (χ1) is 13.3. The van der Waals surface area contributed by atoms with Gasteiger partial charge in [-0.1, -0.05) is 13.8 Å². The van der Waals surface area contributed by atoms with Crippen LogP contribution in [0.25, 0.3) is 0 Å². The van der Waals surface area contributed by atoms with Gasteiger partial charge in [0.1, 0.15) is 18.1 Å². The molecular formula is C16H28N4O9. The molecular weight excluding hydrogens is 392 g/mol. The van der Waals surface area contributed by atoms with Crippen molar-refractivity contribution in [1.82, 2.24) is 16.0 Å². The number of hydrogen-bond acceptors (Lipinski definition) is 8. The zero-order valence-electron chi connectivity index (χ0n) is 16.3. The molecule has 0 aliphatic heterocycles. The average Bonchev–Trinajstić information content (AvgIpc) is 2.61. The van der Waals surface area contributed by atoms with E-state index in [9.17, 15) is 34.2 Å². The molecule has 9 N–H and O–H groups in total. The van der Waals surface area contributed by atoms with Crippen LogP contribution in [0, 0.1) is 5.92 Å². The summed E-state index contributed by atoms with van der Waals surface area (Å²) in [6, 6.07) is -5.92.